The zero-order valence-electron chi connectivity index (χ0n) is 21.3. The summed E-state index contributed by atoms with van der Waals surface area (Å²) in [6.45, 7) is 2.00. The zero-order valence-corrected chi connectivity index (χ0v) is 23.7. The van der Waals surface area contributed by atoms with E-state index in [0.29, 0.717) is 30.8 Å². The average molecular weight is 603 g/mol. The summed E-state index contributed by atoms with van der Waals surface area (Å²) in [7, 11) is 1.58. The smallest absolute Gasteiger partial charge is 0.248 e. The lowest BCUT2D eigenvalue weighted by Crippen LogP contribution is -2.55. The Labute approximate surface area is 235 Å². The molecule has 3 amide bonds. The molecular weight excluding hydrogens is 570 g/mol. The number of benzene rings is 2. The van der Waals surface area contributed by atoms with Crippen molar-refractivity contribution < 1.29 is 24.2 Å². The van der Waals surface area contributed by atoms with Crippen LogP contribution in [0.1, 0.15) is 25.3 Å². The lowest BCUT2D eigenvalue weighted by Gasteiger charge is -2.37. The number of aliphatic hydroxyl groups excluding tert-OH is 1. The van der Waals surface area contributed by atoms with E-state index in [1.54, 1.807) is 48.0 Å². The fraction of sp³-hybridized carbons (Fsp3) is 0.464. The Morgan fingerprint density at radius 2 is 1.89 bits per heavy atom. The van der Waals surface area contributed by atoms with Gasteiger partial charge in [0, 0.05) is 22.3 Å². The molecule has 3 fully saturated rings. The van der Waals surface area contributed by atoms with Crippen LogP contribution >= 0.6 is 27.7 Å². The van der Waals surface area contributed by atoms with Gasteiger partial charge in [0.15, 0.2) is 0 Å². The number of rotatable bonds is 9. The topological polar surface area (TPSA) is 108 Å². The second kappa shape index (κ2) is 10.9. The molecule has 3 heterocycles. The highest BCUT2D eigenvalue weighted by atomic mass is 79.9. The number of amides is 3. The largest absolute Gasteiger partial charge is 0.497 e. The van der Waals surface area contributed by atoms with E-state index in [0.717, 1.165) is 5.56 Å². The molecule has 8 nitrogen and oxygen atoms in total. The van der Waals surface area contributed by atoms with Gasteiger partial charge in [0.2, 0.25) is 17.7 Å². The highest BCUT2D eigenvalue weighted by Gasteiger charge is 2.76. The van der Waals surface area contributed by atoms with Gasteiger partial charge in [0.05, 0.1) is 36.3 Å². The van der Waals surface area contributed by atoms with Crippen LogP contribution in [0.2, 0.25) is 0 Å². The van der Waals surface area contributed by atoms with Gasteiger partial charge in [-0.2, -0.15) is 0 Å². The Morgan fingerprint density at radius 3 is 2.53 bits per heavy atom. The highest BCUT2D eigenvalue weighted by molar-refractivity contribution is 9.09. The standard InChI is InChI=1S/C28H32BrN3O5S/c1-3-18(15-33)32-24(26(35)31-17-9-11-19(37-2)12-10-17)28-13-20(29)23(38-28)21(22(28)27(32)36)25(34)30-14-16-7-5-4-6-8-16/h4-12,18,20-24,33H,3,13-15H2,1-2H3,(H,30,34)(H,31,35)/t18-,20?,21+,22-,23+,24?,28?/m0/s1. The van der Waals surface area contributed by atoms with E-state index in [2.05, 4.69) is 26.6 Å². The Balaban J connectivity index is 1.46. The fourth-order valence-electron chi connectivity index (χ4n) is 6.26. The second-order valence-corrected chi connectivity index (χ2v) is 12.8. The number of carbonyl (C=O) groups excluding carboxylic acids is 3. The van der Waals surface area contributed by atoms with Crippen molar-refractivity contribution in [2.45, 2.75) is 53.2 Å². The molecule has 2 aromatic rings. The number of halogens is 1. The minimum Gasteiger partial charge on any atom is -0.497 e. The molecule has 3 saturated heterocycles. The Kier molecular flexibility index (Phi) is 7.75. The Bertz CT molecular complexity index is 1190. The molecular formula is C28H32BrN3O5S. The van der Waals surface area contributed by atoms with Gasteiger partial charge < -0.3 is 25.4 Å². The minimum absolute atomic E-state index is 0.0190. The van der Waals surface area contributed by atoms with Crippen molar-refractivity contribution in [1.29, 1.82) is 0 Å². The monoisotopic (exact) mass is 601 g/mol. The van der Waals surface area contributed by atoms with Crippen molar-refractivity contribution in [3.8, 4) is 5.75 Å². The van der Waals surface area contributed by atoms with Crippen molar-refractivity contribution >= 4 is 51.1 Å². The maximum absolute atomic E-state index is 14.1. The van der Waals surface area contributed by atoms with Crippen molar-refractivity contribution in [2.24, 2.45) is 11.8 Å². The molecule has 202 valence electrons. The zero-order chi connectivity index (χ0) is 27.0. The Hall–Kier alpha value is -2.56. The van der Waals surface area contributed by atoms with Crippen LogP contribution in [-0.4, -0.2) is 68.4 Å². The van der Waals surface area contributed by atoms with Crippen LogP contribution in [0.3, 0.4) is 0 Å². The highest BCUT2D eigenvalue weighted by Crippen LogP contribution is 2.68. The summed E-state index contributed by atoms with van der Waals surface area (Å²) in [6, 6.07) is 15.3. The third-order valence-electron chi connectivity index (χ3n) is 8.02. The number of thioether (sulfide) groups is 1. The van der Waals surface area contributed by atoms with Crippen LogP contribution in [0.5, 0.6) is 5.75 Å². The number of alkyl halides is 1. The molecule has 2 bridgehead atoms. The number of nitrogens with one attached hydrogen (secondary N) is 2. The molecule has 2 aromatic carbocycles. The van der Waals surface area contributed by atoms with Gasteiger partial charge in [-0.25, -0.2) is 0 Å². The fourth-order valence-corrected chi connectivity index (χ4v) is 9.86. The number of anilines is 1. The van der Waals surface area contributed by atoms with Crippen LogP contribution in [-0.2, 0) is 20.9 Å². The number of hydrogen-bond donors (Lipinski definition) is 3. The molecule has 1 spiro atoms. The summed E-state index contributed by atoms with van der Waals surface area (Å²) in [5.41, 5.74) is 1.56. The van der Waals surface area contributed by atoms with Crippen molar-refractivity contribution in [1.82, 2.24) is 10.2 Å². The predicted molar refractivity (Wildman–Crippen MR) is 150 cm³/mol. The van der Waals surface area contributed by atoms with E-state index in [1.807, 2.05) is 37.3 Å². The molecule has 3 aliphatic heterocycles. The van der Waals surface area contributed by atoms with Gasteiger partial charge in [0.25, 0.3) is 0 Å². The molecule has 0 aromatic heterocycles. The Morgan fingerprint density at radius 1 is 1.18 bits per heavy atom. The number of ether oxygens (including phenoxy) is 1. The molecule has 0 saturated carbocycles. The average Bonchev–Trinajstić information content (AvgIpc) is 3.52. The SMILES string of the molecule is CC[C@@H](CO)N1C(=O)[C@@H]2[C@@H](C(=O)NCc3ccccc3)[C@@H]3SC2(CC3Br)C1C(=O)Nc1ccc(OC)cc1. The summed E-state index contributed by atoms with van der Waals surface area (Å²) in [5, 5.41) is 16.1. The van der Waals surface area contributed by atoms with Gasteiger partial charge in [-0.15, -0.1) is 11.8 Å². The van der Waals surface area contributed by atoms with Gasteiger partial charge in [-0.3, -0.25) is 14.4 Å². The molecule has 0 radical (unpaired) electrons. The van der Waals surface area contributed by atoms with Crippen molar-refractivity contribution in [3.63, 3.8) is 0 Å². The van der Waals surface area contributed by atoms with E-state index in [9.17, 15) is 19.5 Å². The van der Waals surface area contributed by atoms with E-state index in [4.69, 9.17) is 4.74 Å². The lowest BCUT2D eigenvalue weighted by molar-refractivity contribution is -0.142. The maximum atomic E-state index is 14.1. The number of hydrogen-bond acceptors (Lipinski definition) is 6. The van der Waals surface area contributed by atoms with Crippen LogP contribution in [0.25, 0.3) is 0 Å². The molecule has 3 unspecified atom stereocenters. The second-order valence-electron chi connectivity index (χ2n) is 10.1. The minimum atomic E-state index is -0.818. The first-order valence-corrected chi connectivity index (χ1v) is 14.7. The van der Waals surface area contributed by atoms with Gasteiger partial charge in [-0.1, -0.05) is 53.2 Å². The van der Waals surface area contributed by atoms with Crippen LogP contribution in [0.15, 0.2) is 54.6 Å². The quantitative estimate of drug-likeness (QED) is 0.381. The predicted octanol–water partition coefficient (Wildman–Crippen LogP) is 3.19. The summed E-state index contributed by atoms with van der Waals surface area (Å²) >= 11 is 5.36. The number of likely N-dealkylation sites (tertiary alicyclic amines) is 1. The summed E-state index contributed by atoms with van der Waals surface area (Å²) < 4.78 is 4.44. The van der Waals surface area contributed by atoms with Gasteiger partial charge in [-0.05, 0) is 42.7 Å². The molecule has 38 heavy (non-hydrogen) atoms. The number of methoxy groups -OCH3 is 1. The van der Waals surface area contributed by atoms with Crippen LogP contribution < -0.4 is 15.4 Å². The third-order valence-corrected chi connectivity index (χ3v) is 11.2. The van der Waals surface area contributed by atoms with Crippen LogP contribution in [0, 0.1) is 11.8 Å². The van der Waals surface area contributed by atoms with E-state index in [1.165, 1.54) is 0 Å². The molecule has 3 aliphatic rings. The maximum Gasteiger partial charge on any atom is 0.248 e. The van der Waals surface area contributed by atoms with Gasteiger partial charge in [0.1, 0.15) is 11.8 Å². The third kappa shape index (κ3) is 4.50. The normalized spacial score (nSPS) is 30.2. The lowest BCUT2D eigenvalue weighted by atomic mass is 9.70. The molecule has 0 aliphatic carbocycles. The summed E-state index contributed by atoms with van der Waals surface area (Å²) in [5.74, 6) is -1.27. The first-order valence-electron chi connectivity index (χ1n) is 12.9. The number of aliphatic hydroxyl groups is 1. The molecule has 7 atom stereocenters. The number of fused-ring (bicyclic) bond motifs is 1. The molecule has 10 heteroatoms. The first kappa shape index (κ1) is 27.0. The van der Waals surface area contributed by atoms with Gasteiger partial charge >= 0.3 is 0 Å². The summed E-state index contributed by atoms with van der Waals surface area (Å²) in [6.07, 6.45) is 1.08. The first-order chi connectivity index (χ1) is 18.3. The van der Waals surface area contributed by atoms with E-state index >= 15 is 0 Å². The summed E-state index contributed by atoms with van der Waals surface area (Å²) in [4.78, 5) is 43.2. The van der Waals surface area contributed by atoms with Crippen molar-refractivity contribution in [3.05, 3.63) is 60.2 Å². The van der Waals surface area contributed by atoms with Crippen LogP contribution in [0.4, 0.5) is 5.69 Å². The van der Waals surface area contributed by atoms with E-state index in [-0.39, 0.29) is 34.4 Å². The molecule has 5 rings (SSSR count). The van der Waals surface area contributed by atoms with Crippen molar-refractivity contribution in [2.75, 3.05) is 19.0 Å². The number of nitrogens with zero attached hydrogens (tertiary/aromatic N) is 1. The van der Waals surface area contributed by atoms with E-state index < -0.39 is 28.7 Å². The number of carbonyl (C=O) groups is 3. The molecule has 3 N–H and O–H groups in total.